The van der Waals surface area contributed by atoms with Crippen LogP contribution in [0.2, 0.25) is 0 Å². The van der Waals surface area contributed by atoms with Gasteiger partial charge in [-0.15, -0.1) is 0 Å². The second-order valence-electron chi connectivity index (χ2n) is 4.89. The fourth-order valence-corrected chi connectivity index (χ4v) is 2.38. The number of nitrogens with one attached hydrogen (secondary N) is 1. The first kappa shape index (κ1) is 15.1. The number of hydrogen-bond acceptors (Lipinski definition) is 3. The molecule has 0 fully saturated rings. The summed E-state index contributed by atoms with van der Waals surface area (Å²) in [6.45, 7) is 3.22. The molecule has 0 amide bonds. The fraction of sp³-hybridized carbons (Fsp3) is 0.375. The maximum Gasteiger partial charge on any atom is 0.0420 e. The zero-order valence-corrected chi connectivity index (χ0v) is 13.3. The molecule has 1 N–H and O–H groups in total. The quantitative estimate of drug-likeness (QED) is 0.843. The lowest BCUT2D eigenvalue weighted by atomic mass is 10.0. The van der Waals surface area contributed by atoms with Crippen molar-refractivity contribution in [1.82, 2.24) is 15.3 Å². The third-order valence-corrected chi connectivity index (χ3v) is 3.60. The molecule has 0 aliphatic carbocycles. The van der Waals surface area contributed by atoms with Gasteiger partial charge in [0.25, 0.3) is 0 Å². The molecule has 0 aliphatic rings. The van der Waals surface area contributed by atoms with Crippen molar-refractivity contribution in [3.63, 3.8) is 0 Å². The molecule has 2 rings (SSSR count). The number of pyridine rings is 2. The number of nitrogens with zero attached hydrogens (tertiary/aromatic N) is 2. The molecule has 2 aromatic heterocycles. The summed E-state index contributed by atoms with van der Waals surface area (Å²) in [4.78, 5) is 8.65. The number of hydrogen-bond donors (Lipinski definition) is 1. The van der Waals surface area contributed by atoms with E-state index in [0.717, 1.165) is 36.0 Å². The molecule has 2 heterocycles. The van der Waals surface area contributed by atoms with Crippen molar-refractivity contribution in [2.24, 2.45) is 0 Å². The number of rotatable bonds is 7. The van der Waals surface area contributed by atoms with Crippen molar-refractivity contribution >= 4 is 15.9 Å². The minimum absolute atomic E-state index is 0.396. The van der Waals surface area contributed by atoms with Gasteiger partial charge in [0.05, 0.1) is 0 Å². The highest BCUT2D eigenvalue weighted by molar-refractivity contribution is 9.10. The predicted molar refractivity (Wildman–Crippen MR) is 85.7 cm³/mol. The van der Waals surface area contributed by atoms with Crippen molar-refractivity contribution in [3.05, 3.63) is 58.6 Å². The molecule has 2 aromatic rings. The smallest absolute Gasteiger partial charge is 0.0420 e. The molecule has 0 aromatic carbocycles. The lowest BCUT2D eigenvalue weighted by Crippen LogP contribution is -2.34. The minimum Gasteiger partial charge on any atom is -0.313 e. The van der Waals surface area contributed by atoms with Gasteiger partial charge in [0, 0.05) is 41.2 Å². The van der Waals surface area contributed by atoms with Gasteiger partial charge in [0.2, 0.25) is 0 Å². The Kier molecular flexibility index (Phi) is 6.15. The summed E-state index contributed by atoms with van der Waals surface area (Å²) in [6.07, 6.45) is 8.66. The molecule has 0 aliphatic heterocycles. The second-order valence-corrected chi connectivity index (χ2v) is 5.80. The Morgan fingerprint density at radius 2 is 2.10 bits per heavy atom. The Balaban J connectivity index is 2.01. The van der Waals surface area contributed by atoms with Gasteiger partial charge in [-0.25, -0.2) is 0 Å². The molecule has 1 atom stereocenters. The van der Waals surface area contributed by atoms with Crippen molar-refractivity contribution in [1.29, 1.82) is 0 Å². The molecule has 4 heteroatoms. The van der Waals surface area contributed by atoms with Crippen LogP contribution in [-0.2, 0) is 12.8 Å². The van der Waals surface area contributed by atoms with Crippen LogP contribution in [0.15, 0.2) is 47.3 Å². The average Bonchev–Trinajstić information content (AvgIpc) is 2.48. The SMILES string of the molecule is CCCNC(Cc1cccnc1)Cc1ccc(Br)cn1. The lowest BCUT2D eigenvalue weighted by Gasteiger charge is -2.18. The Labute approximate surface area is 129 Å². The average molecular weight is 334 g/mol. The fourth-order valence-electron chi connectivity index (χ4n) is 2.15. The molecule has 0 saturated carbocycles. The molecule has 106 valence electrons. The summed E-state index contributed by atoms with van der Waals surface area (Å²) in [5, 5.41) is 3.60. The lowest BCUT2D eigenvalue weighted by molar-refractivity contribution is 0.500. The van der Waals surface area contributed by atoms with E-state index in [1.807, 2.05) is 30.7 Å². The normalized spacial score (nSPS) is 12.3. The van der Waals surface area contributed by atoms with Gasteiger partial charge >= 0.3 is 0 Å². The zero-order valence-electron chi connectivity index (χ0n) is 11.7. The Hall–Kier alpha value is -1.26. The minimum atomic E-state index is 0.396. The summed E-state index contributed by atoms with van der Waals surface area (Å²) >= 11 is 3.42. The van der Waals surface area contributed by atoms with E-state index in [0.29, 0.717) is 6.04 Å². The van der Waals surface area contributed by atoms with Crippen LogP contribution in [0.1, 0.15) is 24.6 Å². The van der Waals surface area contributed by atoms with Crippen LogP contribution >= 0.6 is 15.9 Å². The summed E-state index contributed by atoms with van der Waals surface area (Å²) < 4.78 is 1.02. The van der Waals surface area contributed by atoms with Crippen molar-refractivity contribution in [2.45, 2.75) is 32.2 Å². The third kappa shape index (κ3) is 5.02. The standard InChI is InChI=1S/C16H20BrN3/c1-2-7-19-16(9-13-4-3-8-18-11-13)10-15-6-5-14(17)12-20-15/h3-6,8,11-12,16,19H,2,7,9-10H2,1H3. The highest BCUT2D eigenvalue weighted by Crippen LogP contribution is 2.11. The number of aromatic nitrogens is 2. The van der Waals surface area contributed by atoms with E-state index >= 15 is 0 Å². The Bertz CT molecular complexity index is 499. The van der Waals surface area contributed by atoms with Crippen molar-refractivity contribution < 1.29 is 0 Å². The molecule has 0 bridgehead atoms. The van der Waals surface area contributed by atoms with E-state index in [1.54, 1.807) is 0 Å². The monoisotopic (exact) mass is 333 g/mol. The second kappa shape index (κ2) is 8.12. The van der Waals surface area contributed by atoms with Gasteiger partial charge in [0.1, 0.15) is 0 Å². The first-order valence-corrected chi connectivity index (χ1v) is 7.80. The Morgan fingerprint density at radius 1 is 1.20 bits per heavy atom. The topological polar surface area (TPSA) is 37.8 Å². The van der Waals surface area contributed by atoms with Crippen LogP contribution in [0.4, 0.5) is 0 Å². The van der Waals surface area contributed by atoms with Gasteiger partial charge in [-0.2, -0.15) is 0 Å². The van der Waals surface area contributed by atoms with E-state index in [-0.39, 0.29) is 0 Å². The molecule has 1 unspecified atom stereocenters. The zero-order chi connectivity index (χ0) is 14.2. The van der Waals surface area contributed by atoms with Gasteiger partial charge < -0.3 is 5.32 Å². The molecule has 0 saturated heterocycles. The van der Waals surface area contributed by atoms with Gasteiger partial charge in [-0.3, -0.25) is 9.97 Å². The molecule has 0 radical (unpaired) electrons. The van der Waals surface area contributed by atoms with Crippen molar-refractivity contribution in [2.75, 3.05) is 6.54 Å². The summed E-state index contributed by atoms with van der Waals surface area (Å²) in [7, 11) is 0. The van der Waals surface area contributed by atoms with Crippen LogP contribution in [0.25, 0.3) is 0 Å². The largest absolute Gasteiger partial charge is 0.313 e. The highest BCUT2D eigenvalue weighted by Gasteiger charge is 2.10. The van der Waals surface area contributed by atoms with E-state index < -0.39 is 0 Å². The molecule has 20 heavy (non-hydrogen) atoms. The third-order valence-electron chi connectivity index (χ3n) is 3.13. The van der Waals surface area contributed by atoms with E-state index in [9.17, 15) is 0 Å². The van der Waals surface area contributed by atoms with E-state index in [4.69, 9.17) is 0 Å². The Morgan fingerprint density at radius 3 is 2.75 bits per heavy atom. The summed E-state index contributed by atoms with van der Waals surface area (Å²) in [5.41, 5.74) is 2.38. The van der Waals surface area contributed by atoms with Gasteiger partial charge in [-0.1, -0.05) is 13.0 Å². The van der Waals surface area contributed by atoms with Gasteiger partial charge in [0.15, 0.2) is 0 Å². The van der Waals surface area contributed by atoms with Crippen LogP contribution in [-0.4, -0.2) is 22.6 Å². The van der Waals surface area contributed by atoms with E-state index in [1.165, 1.54) is 5.56 Å². The van der Waals surface area contributed by atoms with Crippen LogP contribution in [0, 0.1) is 0 Å². The van der Waals surface area contributed by atoms with Gasteiger partial charge in [-0.05, 0) is 59.1 Å². The van der Waals surface area contributed by atoms with Crippen molar-refractivity contribution in [3.8, 4) is 0 Å². The number of halogens is 1. The first-order chi connectivity index (χ1) is 9.78. The summed E-state index contributed by atoms with van der Waals surface area (Å²) in [5.74, 6) is 0. The van der Waals surface area contributed by atoms with Crippen LogP contribution in [0.3, 0.4) is 0 Å². The molecule has 3 nitrogen and oxygen atoms in total. The molecule has 0 spiro atoms. The maximum absolute atomic E-state index is 4.47. The predicted octanol–water partition coefficient (Wildman–Crippen LogP) is 3.39. The first-order valence-electron chi connectivity index (χ1n) is 7.00. The highest BCUT2D eigenvalue weighted by atomic mass is 79.9. The molecular formula is C16H20BrN3. The molecular weight excluding hydrogens is 314 g/mol. The maximum atomic E-state index is 4.47. The van der Waals surface area contributed by atoms with Crippen LogP contribution < -0.4 is 5.32 Å². The summed E-state index contributed by atoms with van der Waals surface area (Å²) in [6, 6.07) is 8.64. The van der Waals surface area contributed by atoms with Crippen LogP contribution in [0.5, 0.6) is 0 Å². The van der Waals surface area contributed by atoms with E-state index in [2.05, 4.69) is 50.3 Å².